The van der Waals surface area contributed by atoms with Crippen LogP contribution in [-0.4, -0.2) is 17.8 Å². The van der Waals surface area contributed by atoms with Gasteiger partial charge in [0.05, 0.1) is 0 Å². The van der Waals surface area contributed by atoms with E-state index in [4.69, 9.17) is 5.73 Å². The minimum absolute atomic E-state index is 0.0500. The van der Waals surface area contributed by atoms with E-state index in [0.717, 1.165) is 16.8 Å². The van der Waals surface area contributed by atoms with Crippen molar-refractivity contribution in [2.24, 2.45) is 16.1 Å². The van der Waals surface area contributed by atoms with Gasteiger partial charge in [0.1, 0.15) is 5.84 Å². The third-order valence-corrected chi connectivity index (χ3v) is 4.49. The van der Waals surface area contributed by atoms with Crippen LogP contribution in [0.25, 0.3) is 0 Å². The number of aliphatic imine (C=N–C) groups is 1. The lowest BCUT2D eigenvalue weighted by Crippen LogP contribution is -2.18. The summed E-state index contributed by atoms with van der Waals surface area (Å²) in [5.41, 5.74) is 9.65. The second kappa shape index (κ2) is 9.19. The minimum atomic E-state index is -0.572. The highest BCUT2D eigenvalue weighted by molar-refractivity contribution is 6.05. The summed E-state index contributed by atoms with van der Waals surface area (Å²) in [6, 6.07) is 13.5. The molecule has 29 heavy (non-hydrogen) atoms. The number of urea groups is 1. The Bertz CT molecular complexity index is 934. The zero-order valence-corrected chi connectivity index (χ0v) is 17.5. The zero-order chi connectivity index (χ0) is 21.6. The number of benzene rings is 2. The van der Waals surface area contributed by atoms with Crippen molar-refractivity contribution in [1.82, 2.24) is 0 Å². The number of nitrogens with zero attached hydrogens (tertiary/aromatic N) is 1. The van der Waals surface area contributed by atoms with E-state index in [1.165, 1.54) is 0 Å². The van der Waals surface area contributed by atoms with Crippen LogP contribution in [0.5, 0.6) is 0 Å². The van der Waals surface area contributed by atoms with E-state index >= 15 is 0 Å². The van der Waals surface area contributed by atoms with Gasteiger partial charge in [-0.25, -0.2) is 4.79 Å². The number of nitrogens with one attached hydrogen (secondary N) is 2. The van der Waals surface area contributed by atoms with Crippen molar-refractivity contribution in [3.63, 3.8) is 0 Å². The molecular weight excluding hydrogens is 364 g/mol. The van der Waals surface area contributed by atoms with Gasteiger partial charge in [0.15, 0.2) is 0 Å². The predicted octanol–water partition coefficient (Wildman–Crippen LogP) is 5.13. The predicted molar refractivity (Wildman–Crippen MR) is 119 cm³/mol. The molecule has 0 aliphatic rings. The van der Waals surface area contributed by atoms with Crippen molar-refractivity contribution in [1.29, 1.82) is 0 Å². The average molecular weight is 393 g/mol. The Balaban J connectivity index is 1.99. The molecule has 2 rings (SSSR count). The molecule has 0 aromatic heterocycles. The Hall–Kier alpha value is -3.41. The smallest absolute Gasteiger partial charge is 0.347 e. The molecule has 0 radical (unpaired) electrons. The van der Waals surface area contributed by atoms with E-state index in [-0.39, 0.29) is 17.2 Å². The first kappa shape index (κ1) is 21.9. The molecule has 0 saturated carbocycles. The first-order valence-electron chi connectivity index (χ1n) is 9.36. The number of aryl methyl sites for hydroxylation is 1. The number of hydrogen-bond donors (Lipinski definition) is 3. The Morgan fingerprint density at radius 3 is 2.00 bits per heavy atom. The quantitative estimate of drug-likeness (QED) is 0.497. The Labute approximate surface area is 171 Å². The minimum Gasteiger partial charge on any atom is -0.384 e. The number of nitrogens with two attached hydrogens (primary N) is 1. The SMILES string of the molecule is C/C(=C\C(N)=N/C(=O)Nc1ccc(C(=O)Nc2ccc(C)cc2)cc1)C(C)(C)C. The number of anilines is 2. The van der Waals surface area contributed by atoms with Gasteiger partial charge in [-0.1, -0.05) is 44.0 Å². The third kappa shape index (κ3) is 6.92. The van der Waals surface area contributed by atoms with E-state index in [9.17, 15) is 9.59 Å². The maximum atomic E-state index is 12.3. The molecule has 6 nitrogen and oxygen atoms in total. The van der Waals surface area contributed by atoms with Gasteiger partial charge in [-0.2, -0.15) is 4.99 Å². The molecule has 0 spiro atoms. The molecule has 0 saturated heterocycles. The van der Waals surface area contributed by atoms with Crippen molar-refractivity contribution >= 4 is 29.1 Å². The lowest BCUT2D eigenvalue weighted by Gasteiger charge is -2.19. The van der Waals surface area contributed by atoms with Crippen molar-refractivity contribution < 1.29 is 9.59 Å². The topological polar surface area (TPSA) is 96.6 Å². The Morgan fingerprint density at radius 1 is 0.931 bits per heavy atom. The number of rotatable bonds is 4. The molecule has 2 aromatic carbocycles. The van der Waals surface area contributed by atoms with Crippen LogP contribution in [0.1, 0.15) is 43.6 Å². The molecule has 0 heterocycles. The normalized spacial score (nSPS) is 12.4. The van der Waals surface area contributed by atoms with Crippen molar-refractivity contribution in [3.05, 3.63) is 71.3 Å². The number of hydrogen-bond acceptors (Lipinski definition) is 2. The van der Waals surface area contributed by atoms with Crippen LogP contribution >= 0.6 is 0 Å². The third-order valence-electron chi connectivity index (χ3n) is 4.49. The van der Waals surface area contributed by atoms with Gasteiger partial charge >= 0.3 is 6.03 Å². The summed E-state index contributed by atoms with van der Waals surface area (Å²) in [4.78, 5) is 28.2. The maximum absolute atomic E-state index is 12.3. The van der Waals surface area contributed by atoms with Crippen LogP contribution in [0.4, 0.5) is 16.2 Å². The molecule has 0 aliphatic heterocycles. The van der Waals surface area contributed by atoms with Crippen LogP contribution in [0, 0.1) is 12.3 Å². The Kier molecular flexibility index (Phi) is 6.93. The monoisotopic (exact) mass is 392 g/mol. The largest absolute Gasteiger partial charge is 0.384 e. The van der Waals surface area contributed by atoms with Crippen LogP contribution < -0.4 is 16.4 Å². The summed E-state index contributed by atoms with van der Waals surface area (Å²) in [7, 11) is 0. The molecule has 152 valence electrons. The molecule has 0 unspecified atom stereocenters. The van der Waals surface area contributed by atoms with Gasteiger partial charge in [0, 0.05) is 16.9 Å². The fourth-order valence-corrected chi connectivity index (χ4v) is 2.28. The maximum Gasteiger partial charge on any atom is 0.347 e. The summed E-state index contributed by atoms with van der Waals surface area (Å²) >= 11 is 0. The van der Waals surface area contributed by atoms with Crippen LogP contribution in [-0.2, 0) is 0 Å². The summed E-state index contributed by atoms with van der Waals surface area (Å²) in [6.45, 7) is 10.1. The lowest BCUT2D eigenvalue weighted by atomic mass is 9.87. The molecule has 0 atom stereocenters. The standard InChI is InChI=1S/C23H28N4O2/c1-15-6-10-18(11-7-15)25-21(28)17-8-12-19(13-9-17)26-22(29)27-20(24)14-16(2)23(3,4)5/h6-14H,1-5H3,(H,25,28)(H3,24,26,27,29)/b16-14+. The molecule has 0 bridgehead atoms. The van der Waals surface area contributed by atoms with E-state index in [1.807, 2.05) is 38.1 Å². The van der Waals surface area contributed by atoms with Gasteiger partial charge in [0.2, 0.25) is 0 Å². The van der Waals surface area contributed by atoms with Crippen molar-refractivity contribution in [2.45, 2.75) is 34.6 Å². The molecule has 2 aromatic rings. The molecule has 6 heteroatoms. The van der Waals surface area contributed by atoms with E-state index in [2.05, 4.69) is 36.4 Å². The zero-order valence-electron chi connectivity index (χ0n) is 17.5. The second-order valence-electron chi connectivity index (χ2n) is 7.94. The van der Waals surface area contributed by atoms with Crippen molar-refractivity contribution in [3.8, 4) is 0 Å². The van der Waals surface area contributed by atoms with Crippen molar-refractivity contribution in [2.75, 3.05) is 10.6 Å². The molecule has 0 fully saturated rings. The molecule has 0 aliphatic carbocycles. The van der Waals surface area contributed by atoms with E-state index in [1.54, 1.807) is 30.3 Å². The summed E-state index contributed by atoms with van der Waals surface area (Å²) in [6.07, 6.45) is 1.69. The number of carbonyl (C=O) groups is 2. The van der Waals surface area contributed by atoms with Gasteiger partial charge < -0.3 is 16.4 Å². The van der Waals surface area contributed by atoms with Crippen LogP contribution in [0.3, 0.4) is 0 Å². The van der Waals surface area contributed by atoms with Gasteiger partial charge in [-0.3, -0.25) is 4.79 Å². The lowest BCUT2D eigenvalue weighted by molar-refractivity contribution is 0.102. The van der Waals surface area contributed by atoms with E-state index in [0.29, 0.717) is 11.3 Å². The van der Waals surface area contributed by atoms with Crippen LogP contribution in [0.15, 0.2) is 65.2 Å². The molecule has 4 N–H and O–H groups in total. The first-order valence-corrected chi connectivity index (χ1v) is 9.36. The average Bonchev–Trinajstić information content (AvgIpc) is 2.63. The number of allylic oxidation sites excluding steroid dienone is 1. The summed E-state index contributed by atoms with van der Waals surface area (Å²) in [5, 5.41) is 5.47. The molecule has 3 amide bonds. The fourth-order valence-electron chi connectivity index (χ4n) is 2.28. The highest BCUT2D eigenvalue weighted by atomic mass is 16.2. The second-order valence-corrected chi connectivity index (χ2v) is 7.94. The van der Waals surface area contributed by atoms with Crippen LogP contribution in [0.2, 0.25) is 0 Å². The summed E-state index contributed by atoms with van der Waals surface area (Å²) in [5.74, 6) is -0.0826. The number of carbonyl (C=O) groups excluding carboxylic acids is 2. The van der Waals surface area contributed by atoms with Gasteiger partial charge in [-0.05, 0) is 61.7 Å². The van der Waals surface area contributed by atoms with Gasteiger partial charge in [0.25, 0.3) is 5.91 Å². The highest BCUT2D eigenvalue weighted by Crippen LogP contribution is 2.23. The fraction of sp³-hybridized carbons (Fsp3) is 0.261. The summed E-state index contributed by atoms with van der Waals surface area (Å²) < 4.78 is 0. The Morgan fingerprint density at radius 2 is 1.45 bits per heavy atom. The first-order chi connectivity index (χ1) is 13.5. The number of amides is 3. The van der Waals surface area contributed by atoms with E-state index < -0.39 is 6.03 Å². The highest BCUT2D eigenvalue weighted by Gasteiger charge is 2.13. The number of amidine groups is 1. The van der Waals surface area contributed by atoms with Gasteiger partial charge in [-0.15, -0.1) is 0 Å². The molecular formula is C23H28N4O2.